The number of ether oxygens (including phenoxy) is 1. The van der Waals surface area contributed by atoms with Crippen LogP contribution in [0.5, 0.6) is 0 Å². The molecule has 0 unspecified atom stereocenters. The van der Waals surface area contributed by atoms with Gasteiger partial charge in [-0.05, 0) is 92.6 Å². The Kier molecular flexibility index (Phi) is 4.60. The SMILES string of the molecule is C[C@]12CCCC[C@@H]1CC[C@H]1[C@H]2CC[C@]2(C)[C@H](OC(=O)c3ccccc3)CC[C@@H]12. The Bertz CT molecular complexity index is 727. The third-order valence-electron chi connectivity index (χ3n) is 9.76. The Hall–Kier alpha value is -1.31. The first-order valence-electron chi connectivity index (χ1n) is 11.8. The van der Waals surface area contributed by atoms with Crippen LogP contribution in [0, 0.1) is 34.5 Å². The van der Waals surface area contributed by atoms with Gasteiger partial charge in [-0.1, -0.05) is 44.9 Å². The van der Waals surface area contributed by atoms with Crippen LogP contribution in [0.1, 0.15) is 88.4 Å². The van der Waals surface area contributed by atoms with Crippen molar-refractivity contribution in [2.45, 2.75) is 84.2 Å². The average Bonchev–Trinajstić information content (AvgIpc) is 3.04. The van der Waals surface area contributed by atoms with Crippen molar-refractivity contribution in [1.82, 2.24) is 0 Å². The van der Waals surface area contributed by atoms with E-state index in [4.69, 9.17) is 4.74 Å². The quantitative estimate of drug-likeness (QED) is 0.537. The zero-order valence-electron chi connectivity index (χ0n) is 17.7. The smallest absolute Gasteiger partial charge is 0.338 e. The summed E-state index contributed by atoms with van der Waals surface area (Å²) in [5.74, 6) is 3.36. The van der Waals surface area contributed by atoms with E-state index in [0.717, 1.165) is 30.1 Å². The van der Waals surface area contributed by atoms with E-state index in [-0.39, 0.29) is 17.5 Å². The number of fused-ring (bicyclic) bond motifs is 5. The molecule has 0 N–H and O–H groups in total. The Labute approximate surface area is 170 Å². The Morgan fingerprint density at radius 2 is 1.64 bits per heavy atom. The predicted molar refractivity (Wildman–Crippen MR) is 112 cm³/mol. The molecule has 0 aliphatic heterocycles. The molecular weight excluding hydrogens is 344 g/mol. The molecule has 0 bridgehead atoms. The van der Waals surface area contributed by atoms with Crippen molar-refractivity contribution in [3.8, 4) is 0 Å². The highest BCUT2D eigenvalue weighted by atomic mass is 16.5. The Balaban J connectivity index is 1.35. The number of hydrogen-bond donors (Lipinski definition) is 0. The third kappa shape index (κ3) is 2.77. The highest BCUT2D eigenvalue weighted by Gasteiger charge is 2.60. The van der Waals surface area contributed by atoms with Gasteiger partial charge in [-0.25, -0.2) is 4.79 Å². The molecule has 28 heavy (non-hydrogen) atoms. The number of benzene rings is 1. The van der Waals surface area contributed by atoms with E-state index >= 15 is 0 Å². The van der Waals surface area contributed by atoms with Crippen LogP contribution in [0.25, 0.3) is 0 Å². The molecule has 152 valence electrons. The number of hydrogen-bond acceptors (Lipinski definition) is 2. The van der Waals surface area contributed by atoms with Gasteiger partial charge in [0.1, 0.15) is 6.10 Å². The minimum absolute atomic E-state index is 0.100. The van der Waals surface area contributed by atoms with Crippen LogP contribution >= 0.6 is 0 Å². The molecule has 7 atom stereocenters. The van der Waals surface area contributed by atoms with E-state index in [1.165, 1.54) is 57.8 Å². The summed E-state index contributed by atoms with van der Waals surface area (Å²) in [4.78, 5) is 12.7. The molecule has 4 saturated carbocycles. The molecule has 0 aromatic heterocycles. The highest BCUT2D eigenvalue weighted by molar-refractivity contribution is 5.89. The lowest BCUT2D eigenvalue weighted by atomic mass is 9.45. The van der Waals surface area contributed by atoms with Gasteiger partial charge in [-0.3, -0.25) is 0 Å². The van der Waals surface area contributed by atoms with E-state index < -0.39 is 0 Å². The summed E-state index contributed by atoms with van der Waals surface area (Å²) >= 11 is 0. The van der Waals surface area contributed by atoms with Crippen molar-refractivity contribution < 1.29 is 9.53 Å². The maximum Gasteiger partial charge on any atom is 0.338 e. The van der Waals surface area contributed by atoms with Gasteiger partial charge in [0, 0.05) is 5.41 Å². The Morgan fingerprint density at radius 1 is 0.857 bits per heavy atom. The van der Waals surface area contributed by atoms with Gasteiger partial charge in [0.05, 0.1) is 5.56 Å². The van der Waals surface area contributed by atoms with Gasteiger partial charge >= 0.3 is 5.97 Å². The molecular formula is C26H36O2. The molecule has 4 fully saturated rings. The van der Waals surface area contributed by atoms with E-state index in [1.54, 1.807) is 0 Å². The van der Waals surface area contributed by atoms with Crippen LogP contribution < -0.4 is 0 Å². The molecule has 2 nitrogen and oxygen atoms in total. The molecule has 4 aliphatic rings. The zero-order chi connectivity index (χ0) is 19.4. The van der Waals surface area contributed by atoms with Gasteiger partial charge in [0.2, 0.25) is 0 Å². The fourth-order valence-electron chi connectivity index (χ4n) is 8.21. The molecule has 2 heteroatoms. The molecule has 0 saturated heterocycles. The number of esters is 1. The van der Waals surface area contributed by atoms with Crippen molar-refractivity contribution in [3.05, 3.63) is 35.9 Å². The van der Waals surface area contributed by atoms with E-state index in [0.29, 0.717) is 11.0 Å². The van der Waals surface area contributed by atoms with Crippen LogP contribution in [0.15, 0.2) is 30.3 Å². The first-order valence-corrected chi connectivity index (χ1v) is 11.8. The normalized spacial score (nSPS) is 44.9. The van der Waals surface area contributed by atoms with Gasteiger partial charge in [0.15, 0.2) is 0 Å². The maximum absolute atomic E-state index is 12.7. The van der Waals surface area contributed by atoms with Crippen molar-refractivity contribution in [1.29, 1.82) is 0 Å². The molecule has 0 amide bonds. The highest BCUT2D eigenvalue weighted by Crippen LogP contribution is 2.66. The van der Waals surface area contributed by atoms with Crippen LogP contribution in [0.2, 0.25) is 0 Å². The number of carbonyl (C=O) groups is 1. The van der Waals surface area contributed by atoms with E-state index in [2.05, 4.69) is 13.8 Å². The fraction of sp³-hybridized carbons (Fsp3) is 0.731. The molecule has 4 aliphatic carbocycles. The van der Waals surface area contributed by atoms with E-state index in [9.17, 15) is 4.79 Å². The lowest BCUT2D eigenvalue weighted by Crippen LogP contribution is -2.53. The standard InChI is InChI=1S/C26H36O2/c1-25-16-7-6-10-19(25)11-12-20-21-13-14-23(26(21,2)17-15-22(20)25)28-24(27)18-8-4-3-5-9-18/h3-5,8-9,19-23H,6-7,10-17H2,1-2H3/t19-,20-,21+,22-,23-,25+,26+/m1/s1. The molecule has 1 aromatic rings. The van der Waals surface area contributed by atoms with Gasteiger partial charge in [0.25, 0.3) is 0 Å². The van der Waals surface area contributed by atoms with Crippen molar-refractivity contribution in [2.75, 3.05) is 0 Å². The monoisotopic (exact) mass is 380 g/mol. The number of rotatable bonds is 2. The second kappa shape index (κ2) is 6.89. The maximum atomic E-state index is 12.7. The predicted octanol–water partition coefficient (Wildman–Crippen LogP) is 6.64. The summed E-state index contributed by atoms with van der Waals surface area (Å²) in [6, 6.07) is 9.54. The first-order chi connectivity index (χ1) is 13.5. The average molecular weight is 381 g/mol. The van der Waals surface area contributed by atoms with Gasteiger partial charge in [-0.15, -0.1) is 0 Å². The first kappa shape index (κ1) is 18.7. The van der Waals surface area contributed by atoms with Crippen molar-refractivity contribution >= 4 is 5.97 Å². The summed E-state index contributed by atoms with van der Waals surface area (Å²) in [5.41, 5.74) is 1.46. The summed E-state index contributed by atoms with van der Waals surface area (Å²) in [6.07, 6.45) is 13.7. The summed E-state index contributed by atoms with van der Waals surface area (Å²) < 4.78 is 6.14. The topological polar surface area (TPSA) is 26.3 Å². The Morgan fingerprint density at radius 3 is 2.46 bits per heavy atom. The van der Waals surface area contributed by atoms with Crippen LogP contribution in [-0.2, 0) is 4.74 Å². The minimum Gasteiger partial charge on any atom is -0.458 e. The second-order valence-electron chi connectivity index (χ2n) is 10.8. The largest absolute Gasteiger partial charge is 0.458 e. The summed E-state index contributed by atoms with van der Waals surface area (Å²) in [7, 11) is 0. The van der Waals surface area contributed by atoms with Gasteiger partial charge in [-0.2, -0.15) is 0 Å². The molecule has 0 radical (unpaired) electrons. The lowest BCUT2D eigenvalue weighted by Gasteiger charge is -2.60. The molecule has 0 heterocycles. The second-order valence-corrected chi connectivity index (χ2v) is 10.8. The summed E-state index contributed by atoms with van der Waals surface area (Å²) in [5, 5.41) is 0. The minimum atomic E-state index is -0.127. The van der Waals surface area contributed by atoms with Crippen molar-refractivity contribution in [2.24, 2.45) is 34.5 Å². The van der Waals surface area contributed by atoms with Crippen LogP contribution in [0.3, 0.4) is 0 Å². The van der Waals surface area contributed by atoms with Gasteiger partial charge < -0.3 is 4.74 Å². The lowest BCUT2D eigenvalue weighted by molar-refractivity contribution is -0.122. The zero-order valence-corrected chi connectivity index (χ0v) is 17.7. The molecule has 5 rings (SSSR count). The summed E-state index contributed by atoms with van der Waals surface area (Å²) in [6.45, 7) is 5.08. The molecule has 1 aromatic carbocycles. The van der Waals surface area contributed by atoms with Crippen LogP contribution in [0.4, 0.5) is 0 Å². The fourth-order valence-corrected chi connectivity index (χ4v) is 8.21. The molecule has 0 spiro atoms. The van der Waals surface area contributed by atoms with Crippen LogP contribution in [-0.4, -0.2) is 12.1 Å². The third-order valence-corrected chi connectivity index (χ3v) is 9.76. The number of carbonyl (C=O) groups excluding carboxylic acids is 1. The van der Waals surface area contributed by atoms with E-state index in [1.807, 2.05) is 30.3 Å². The van der Waals surface area contributed by atoms with Crippen molar-refractivity contribution in [3.63, 3.8) is 0 Å².